The largest absolute Gasteiger partial charge is 0.573 e. The second-order valence-corrected chi connectivity index (χ2v) is 10.5. The molecule has 1 heterocycles. The van der Waals surface area contributed by atoms with Crippen LogP contribution < -0.4 is 10.1 Å². The van der Waals surface area contributed by atoms with Crippen LogP contribution in [0.15, 0.2) is 42.5 Å². The van der Waals surface area contributed by atoms with Crippen molar-refractivity contribution in [1.29, 1.82) is 0 Å². The summed E-state index contributed by atoms with van der Waals surface area (Å²) in [5, 5.41) is 3.31. The minimum absolute atomic E-state index is 0.174. The van der Waals surface area contributed by atoms with Crippen molar-refractivity contribution in [3.63, 3.8) is 0 Å². The van der Waals surface area contributed by atoms with Crippen LogP contribution in [0.2, 0.25) is 0 Å². The first-order chi connectivity index (χ1) is 16.9. The average molecular weight is 504 g/mol. The van der Waals surface area contributed by atoms with E-state index >= 15 is 0 Å². The monoisotopic (exact) mass is 503 g/mol. The summed E-state index contributed by atoms with van der Waals surface area (Å²) in [6, 6.07) is 11.9. The van der Waals surface area contributed by atoms with Crippen LogP contribution in [0.1, 0.15) is 58.1 Å². The van der Waals surface area contributed by atoms with Gasteiger partial charge in [0.05, 0.1) is 18.1 Å². The summed E-state index contributed by atoms with van der Waals surface area (Å²) >= 11 is 0. The second-order valence-electron chi connectivity index (χ2n) is 10.5. The van der Waals surface area contributed by atoms with Crippen molar-refractivity contribution < 1.29 is 27.4 Å². The summed E-state index contributed by atoms with van der Waals surface area (Å²) in [6.45, 7) is 6.84. The van der Waals surface area contributed by atoms with E-state index in [0.29, 0.717) is 24.0 Å². The number of anilines is 2. The Kier molecular flexibility index (Phi) is 7.20. The molecule has 4 rings (SSSR count). The highest BCUT2D eigenvalue weighted by Crippen LogP contribution is 2.46. The van der Waals surface area contributed by atoms with Gasteiger partial charge in [-0.1, -0.05) is 26.8 Å². The van der Waals surface area contributed by atoms with Crippen LogP contribution in [0.25, 0.3) is 11.0 Å². The van der Waals surface area contributed by atoms with Crippen LogP contribution in [-0.2, 0) is 16.0 Å². The van der Waals surface area contributed by atoms with Crippen molar-refractivity contribution in [1.82, 2.24) is 9.55 Å². The smallest absolute Gasteiger partial charge is 0.469 e. The van der Waals surface area contributed by atoms with E-state index in [4.69, 9.17) is 9.72 Å². The zero-order valence-electron chi connectivity index (χ0n) is 21.0. The number of aromatic nitrogens is 2. The fourth-order valence-electron chi connectivity index (χ4n) is 5.47. The van der Waals surface area contributed by atoms with Crippen LogP contribution >= 0.6 is 0 Å². The molecule has 1 aromatic heterocycles. The van der Waals surface area contributed by atoms with Crippen molar-refractivity contribution in [3.8, 4) is 5.75 Å². The molecule has 0 spiro atoms. The number of rotatable bonds is 7. The lowest BCUT2D eigenvalue weighted by molar-refractivity contribution is -0.274. The molecule has 194 valence electrons. The summed E-state index contributed by atoms with van der Waals surface area (Å²) in [6.07, 6.45) is -0.761. The maximum atomic E-state index is 12.5. The molecular formula is C27H32F3N3O3. The Morgan fingerprint density at radius 1 is 1.17 bits per heavy atom. The van der Waals surface area contributed by atoms with Crippen LogP contribution in [-0.4, -0.2) is 29.0 Å². The number of nitrogens with zero attached hydrogens (tertiary/aromatic N) is 2. The quantitative estimate of drug-likeness (QED) is 0.346. The van der Waals surface area contributed by atoms with Gasteiger partial charge in [0, 0.05) is 18.2 Å². The van der Waals surface area contributed by atoms with Crippen LogP contribution in [0.3, 0.4) is 0 Å². The van der Waals surface area contributed by atoms with Gasteiger partial charge in [0.1, 0.15) is 5.75 Å². The number of ether oxygens (including phenoxy) is 2. The highest BCUT2D eigenvalue weighted by atomic mass is 19.4. The summed E-state index contributed by atoms with van der Waals surface area (Å²) in [4.78, 5) is 16.5. The van der Waals surface area contributed by atoms with Gasteiger partial charge < -0.3 is 19.4 Å². The number of nitrogens with one attached hydrogen (secondary N) is 1. The molecule has 1 saturated carbocycles. The van der Waals surface area contributed by atoms with E-state index < -0.39 is 6.36 Å². The summed E-state index contributed by atoms with van der Waals surface area (Å²) in [7, 11) is 1.37. The molecule has 0 aliphatic heterocycles. The van der Waals surface area contributed by atoms with Crippen LogP contribution in [0.5, 0.6) is 5.75 Å². The lowest BCUT2D eigenvalue weighted by atomic mass is 9.70. The predicted octanol–water partition coefficient (Wildman–Crippen LogP) is 7.17. The van der Waals surface area contributed by atoms with E-state index in [-0.39, 0.29) is 29.6 Å². The predicted molar refractivity (Wildman–Crippen MR) is 132 cm³/mol. The standard InChI is InChI=1S/C27H32F3N3O3/c1-17-13-20(16-26(2,3)15-17)33-23-11-5-18(6-12-24(34)35-4)14-22(23)32-25(33)31-19-7-9-21(10-8-19)36-27(28,29)30/h5,7-11,14,17,20H,6,12-13,15-16H2,1-4H3,(H,31,32)/t17-,20?/m0/s1. The lowest BCUT2D eigenvalue weighted by Crippen LogP contribution is -2.29. The Labute approximate surface area is 208 Å². The first-order valence-corrected chi connectivity index (χ1v) is 12.1. The number of imidazole rings is 1. The molecule has 6 nitrogen and oxygen atoms in total. The molecule has 36 heavy (non-hydrogen) atoms. The lowest BCUT2D eigenvalue weighted by Gasteiger charge is -2.40. The Morgan fingerprint density at radius 3 is 2.53 bits per heavy atom. The SMILES string of the molecule is COC(=O)CCc1ccc2c(c1)nc(Nc1ccc(OC(F)(F)F)cc1)n2C1C[C@H](C)CC(C)(C)C1. The summed E-state index contributed by atoms with van der Waals surface area (Å²) in [5.74, 6) is 0.635. The number of esters is 1. The van der Waals surface area contributed by atoms with Gasteiger partial charge in [0.2, 0.25) is 5.95 Å². The number of methoxy groups -OCH3 is 1. The molecule has 9 heteroatoms. The van der Waals surface area contributed by atoms with E-state index in [0.717, 1.165) is 35.9 Å². The molecule has 0 radical (unpaired) electrons. The Balaban J connectivity index is 1.68. The second kappa shape index (κ2) is 10.0. The molecule has 2 atom stereocenters. The molecule has 1 aliphatic rings. The number of fused-ring (bicyclic) bond motifs is 1. The zero-order chi connectivity index (χ0) is 26.1. The van der Waals surface area contributed by atoms with Gasteiger partial charge in [-0.25, -0.2) is 4.98 Å². The van der Waals surface area contributed by atoms with Gasteiger partial charge in [-0.15, -0.1) is 13.2 Å². The third-order valence-electron chi connectivity index (χ3n) is 6.67. The summed E-state index contributed by atoms with van der Waals surface area (Å²) in [5.41, 5.74) is 3.54. The number of hydrogen-bond donors (Lipinski definition) is 1. The Bertz CT molecular complexity index is 1220. The highest BCUT2D eigenvalue weighted by Gasteiger charge is 2.35. The van der Waals surface area contributed by atoms with Crippen LogP contribution in [0, 0.1) is 11.3 Å². The highest BCUT2D eigenvalue weighted by molar-refractivity contribution is 5.81. The molecular weight excluding hydrogens is 471 g/mol. The van der Waals surface area contributed by atoms with Crippen LogP contribution in [0.4, 0.5) is 24.8 Å². The molecule has 1 N–H and O–H groups in total. The maximum Gasteiger partial charge on any atom is 0.573 e. The number of benzene rings is 2. The van der Waals surface area contributed by atoms with Gasteiger partial charge in [-0.05, 0) is 79.0 Å². The van der Waals surface area contributed by atoms with Gasteiger partial charge in [0.15, 0.2) is 0 Å². The number of alkyl halides is 3. The van der Waals surface area contributed by atoms with Crippen molar-refractivity contribution in [2.45, 2.75) is 65.3 Å². The van der Waals surface area contributed by atoms with Crippen molar-refractivity contribution in [2.24, 2.45) is 11.3 Å². The van der Waals surface area contributed by atoms with E-state index in [2.05, 4.69) is 35.4 Å². The van der Waals surface area contributed by atoms with E-state index in [1.165, 1.54) is 19.2 Å². The molecule has 0 bridgehead atoms. The van der Waals surface area contributed by atoms with E-state index in [9.17, 15) is 18.0 Å². The normalized spacial score (nSPS) is 19.8. The maximum absolute atomic E-state index is 12.5. The third kappa shape index (κ3) is 6.30. The third-order valence-corrected chi connectivity index (χ3v) is 6.67. The molecule has 1 unspecified atom stereocenters. The first-order valence-electron chi connectivity index (χ1n) is 12.1. The molecule has 1 fully saturated rings. The Morgan fingerprint density at radius 2 is 1.89 bits per heavy atom. The Hall–Kier alpha value is -3.23. The molecule has 1 aliphatic carbocycles. The minimum Gasteiger partial charge on any atom is -0.469 e. The van der Waals surface area contributed by atoms with Gasteiger partial charge in [0.25, 0.3) is 0 Å². The number of hydrogen-bond acceptors (Lipinski definition) is 5. The number of carbonyl (C=O) groups excluding carboxylic acids is 1. The van der Waals surface area contributed by atoms with Gasteiger partial charge >= 0.3 is 12.3 Å². The molecule has 3 aromatic rings. The topological polar surface area (TPSA) is 65.4 Å². The molecule has 0 saturated heterocycles. The van der Waals surface area contributed by atoms with E-state index in [1.807, 2.05) is 18.2 Å². The van der Waals surface area contributed by atoms with E-state index in [1.54, 1.807) is 12.1 Å². The van der Waals surface area contributed by atoms with Crippen molar-refractivity contribution >= 4 is 28.6 Å². The first kappa shape index (κ1) is 25.9. The number of aryl methyl sites for hydroxylation is 1. The summed E-state index contributed by atoms with van der Waals surface area (Å²) < 4.78 is 48.6. The van der Waals surface area contributed by atoms with Gasteiger partial charge in [-0.2, -0.15) is 0 Å². The minimum atomic E-state index is -4.74. The molecule has 0 amide bonds. The molecule has 2 aromatic carbocycles. The fraction of sp³-hybridized carbons (Fsp3) is 0.481. The fourth-order valence-corrected chi connectivity index (χ4v) is 5.47. The number of carbonyl (C=O) groups is 1. The zero-order valence-corrected chi connectivity index (χ0v) is 21.0. The number of halogens is 3. The average Bonchev–Trinajstić information content (AvgIpc) is 3.13. The van der Waals surface area contributed by atoms with Gasteiger partial charge in [-0.3, -0.25) is 4.79 Å². The van der Waals surface area contributed by atoms with Crippen molar-refractivity contribution in [3.05, 3.63) is 48.0 Å². The van der Waals surface area contributed by atoms with Crippen molar-refractivity contribution in [2.75, 3.05) is 12.4 Å².